The van der Waals surface area contributed by atoms with Crippen molar-refractivity contribution in [2.45, 2.75) is 0 Å². The highest BCUT2D eigenvalue weighted by atomic mass is 79.9. The molecule has 2 aromatic heterocycles. The van der Waals surface area contributed by atoms with E-state index in [0.29, 0.717) is 41.3 Å². The van der Waals surface area contributed by atoms with Gasteiger partial charge in [-0.25, -0.2) is 0 Å². The largest absolute Gasteiger partial charge is 0.458 e. The first-order valence-corrected chi connectivity index (χ1v) is 6.56. The van der Waals surface area contributed by atoms with E-state index < -0.39 is 0 Å². The smallest absolute Gasteiger partial charge is 0.195 e. The highest BCUT2D eigenvalue weighted by Gasteiger charge is 2.09. The Bertz CT molecular complexity index is 580. The van der Waals surface area contributed by atoms with Crippen LogP contribution in [-0.2, 0) is 4.74 Å². The third-order valence-corrected chi connectivity index (χ3v) is 3.03. The lowest BCUT2D eigenvalue weighted by atomic mass is 10.4. The molecule has 98 valence electrons. The van der Waals surface area contributed by atoms with E-state index in [4.69, 9.17) is 30.9 Å². The Hall–Kier alpha value is -0.890. The molecular weight excluding hydrogens is 322 g/mol. The zero-order valence-electron chi connectivity index (χ0n) is 9.44. The Morgan fingerprint density at radius 1 is 1.39 bits per heavy atom. The zero-order valence-corrected chi connectivity index (χ0v) is 11.8. The molecule has 0 bridgehead atoms. The average molecular weight is 334 g/mol. The minimum Gasteiger partial charge on any atom is -0.458 e. The fourth-order valence-electron chi connectivity index (χ4n) is 1.42. The first-order valence-electron chi connectivity index (χ1n) is 5.35. The minimum atomic E-state index is 0.0224. The highest BCUT2D eigenvalue weighted by molar-refractivity contribution is 9.10. The highest BCUT2D eigenvalue weighted by Crippen LogP contribution is 2.29. The molecule has 0 radical (unpaired) electrons. The number of rotatable bonds is 6. The van der Waals surface area contributed by atoms with Gasteiger partial charge in [0, 0.05) is 12.6 Å². The van der Waals surface area contributed by atoms with Gasteiger partial charge >= 0.3 is 0 Å². The van der Waals surface area contributed by atoms with Crippen molar-refractivity contribution in [2.75, 3.05) is 31.7 Å². The topological polar surface area (TPSA) is 67.8 Å². The zero-order chi connectivity index (χ0) is 13.0. The SMILES string of the molecule is OCCOCCNc1cc(=S)c2occ(Br)c2o1. The molecule has 0 atom stereocenters. The summed E-state index contributed by atoms with van der Waals surface area (Å²) in [6, 6.07) is 1.69. The van der Waals surface area contributed by atoms with Gasteiger partial charge in [0.2, 0.25) is 0 Å². The van der Waals surface area contributed by atoms with Crippen LogP contribution in [0, 0.1) is 4.51 Å². The molecule has 0 saturated heterocycles. The predicted octanol–water partition coefficient (Wildman–Crippen LogP) is 2.94. The lowest BCUT2D eigenvalue weighted by Gasteiger charge is -2.05. The van der Waals surface area contributed by atoms with Gasteiger partial charge < -0.3 is 24.0 Å². The second-order valence-electron chi connectivity index (χ2n) is 3.48. The third kappa shape index (κ3) is 3.11. The number of hydrogen-bond donors (Lipinski definition) is 2. The number of anilines is 1. The van der Waals surface area contributed by atoms with Crippen molar-refractivity contribution >= 4 is 45.2 Å². The molecule has 2 aromatic rings. The van der Waals surface area contributed by atoms with Gasteiger partial charge in [-0.3, -0.25) is 0 Å². The van der Waals surface area contributed by atoms with E-state index in [1.165, 1.54) is 6.26 Å². The summed E-state index contributed by atoms with van der Waals surface area (Å²) in [5.74, 6) is 0.558. The molecule has 0 fully saturated rings. The van der Waals surface area contributed by atoms with Gasteiger partial charge in [0.1, 0.15) is 6.26 Å². The first kappa shape index (κ1) is 13.5. The molecule has 0 aliphatic carbocycles. The molecule has 18 heavy (non-hydrogen) atoms. The van der Waals surface area contributed by atoms with Gasteiger partial charge in [-0.2, -0.15) is 0 Å². The van der Waals surface area contributed by atoms with Gasteiger partial charge in [0.15, 0.2) is 17.1 Å². The second kappa shape index (κ2) is 6.33. The van der Waals surface area contributed by atoms with E-state index in [2.05, 4.69) is 21.2 Å². The molecule has 2 rings (SSSR count). The Morgan fingerprint density at radius 3 is 3.00 bits per heavy atom. The van der Waals surface area contributed by atoms with Crippen molar-refractivity contribution in [3.8, 4) is 0 Å². The number of aliphatic hydroxyl groups is 1. The molecule has 2 heterocycles. The second-order valence-corrected chi connectivity index (χ2v) is 4.77. The summed E-state index contributed by atoms with van der Waals surface area (Å²) in [6.45, 7) is 1.40. The summed E-state index contributed by atoms with van der Waals surface area (Å²) in [4.78, 5) is 0. The Balaban J connectivity index is 2.05. The first-order chi connectivity index (χ1) is 8.72. The van der Waals surface area contributed by atoms with Crippen LogP contribution in [-0.4, -0.2) is 31.5 Å². The van der Waals surface area contributed by atoms with Gasteiger partial charge in [-0.15, -0.1) is 0 Å². The average Bonchev–Trinajstić information content (AvgIpc) is 2.72. The number of hydrogen-bond acceptors (Lipinski definition) is 6. The molecule has 0 aliphatic rings. The number of aliphatic hydroxyl groups excluding tert-OH is 1. The quantitative estimate of drug-likeness (QED) is 0.625. The summed E-state index contributed by atoms with van der Waals surface area (Å²) >= 11 is 8.52. The van der Waals surface area contributed by atoms with Crippen LogP contribution in [0.25, 0.3) is 11.2 Å². The summed E-state index contributed by atoms with van der Waals surface area (Å²) in [5, 5.41) is 11.6. The van der Waals surface area contributed by atoms with E-state index in [1.54, 1.807) is 6.07 Å². The molecule has 0 aromatic carbocycles. The van der Waals surface area contributed by atoms with Crippen molar-refractivity contribution in [3.05, 3.63) is 21.3 Å². The number of fused-ring (bicyclic) bond motifs is 1. The maximum absolute atomic E-state index is 8.55. The van der Waals surface area contributed by atoms with E-state index in [1.807, 2.05) is 0 Å². The van der Waals surface area contributed by atoms with Crippen LogP contribution in [0.2, 0.25) is 0 Å². The molecule has 0 spiro atoms. The van der Waals surface area contributed by atoms with Crippen LogP contribution >= 0.6 is 28.1 Å². The molecule has 5 nitrogen and oxygen atoms in total. The Labute approximate surface area is 117 Å². The summed E-state index contributed by atoms with van der Waals surface area (Å²) in [5.41, 5.74) is 1.14. The monoisotopic (exact) mass is 333 g/mol. The number of furan rings is 1. The number of nitrogens with one attached hydrogen (secondary N) is 1. The van der Waals surface area contributed by atoms with E-state index in [-0.39, 0.29) is 6.61 Å². The van der Waals surface area contributed by atoms with Crippen molar-refractivity contribution < 1.29 is 18.7 Å². The summed E-state index contributed by atoms with van der Waals surface area (Å²) in [6.07, 6.45) is 1.54. The van der Waals surface area contributed by atoms with Crippen LogP contribution in [0.3, 0.4) is 0 Å². The van der Waals surface area contributed by atoms with Crippen LogP contribution in [0.4, 0.5) is 5.88 Å². The Morgan fingerprint density at radius 2 is 2.22 bits per heavy atom. The van der Waals surface area contributed by atoms with E-state index >= 15 is 0 Å². The standard InChI is InChI=1S/C11H12BrNO4S/c12-7-6-16-11-8(18)5-9(17-10(7)11)13-1-3-15-4-2-14/h5-6,13-14H,1-4H2. The van der Waals surface area contributed by atoms with E-state index in [9.17, 15) is 0 Å². The van der Waals surface area contributed by atoms with Crippen LogP contribution < -0.4 is 5.32 Å². The normalized spacial score (nSPS) is 11.0. The fraction of sp³-hybridized carbons (Fsp3) is 0.364. The van der Waals surface area contributed by atoms with E-state index in [0.717, 1.165) is 4.47 Å². The molecule has 7 heteroatoms. The molecule has 0 unspecified atom stereocenters. The number of halogens is 1. The van der Waals surface area contributed by atoms with Gasteiger partial charge in [0.25, 0.3) is 0 Å². The van der Waals surface area contributed by atoms with Gasteiger partial charge in [-0.1, -0.05) is 12.2 Å². The summed E-state index contributed by atoms with van der Waals surface area (Å²) in [7, 11) is 0. The van der Waals surface area contributed by atoms with Gasteiger partial charge in [0.05, 0.1) is 28.8 Å². The molecule has 0 amide bonds. The lowest BCUT2D eigenvalue weighted by Crippen LogP contribution is -2.11. The molecule has 0 aliphatic heterocycles. The maximum atomic E-state index is 8.55. The van der Waals surface area contributed by atoms with Crippen LogP contribution in [0.15, 0.2) is 25.6 Å². The lowest BCUT2D eigenvalue weighted by molar-refractivity contribution is 0.0990. The van der Waals surface area contributed by atoms with Crippen LogP contribution in [0.1, 0.15) is 0 Å². The predicted molar refractivity (Wildman–Crippen MR) is 73.4 cm³/mol. The Kier molecular flexibility index (Phi) is 4.76. The number of ether oxygens (including phenoxy) is 1. The van der Waals surface area contributed by atoms with Crippen molar-refractivity contribution in [2.24, 2.45) is 0 Å². The van der Waals surface area contributed by atoms with Crippen LogP contribution in [0.5, 0.6) is 0 Å². The van der Waals surface area contributed by atoms with Gasteiger partial charge in [-0.05, 0) is 15.9 Å². The maximum Gasteiger partial charge on any atom is 0.195 e. The molecule has 0 saturated carbocycles. The van der Waals surface area contributed by atoms with Crippen molar-refractivity contribution in [1.29, 1.82) is 0 Å². The molecular formula is C11H12BrNO4S. The van der Waals surface area contributed by atoms with Crippen molar-refractivity contribution in [1.82, 2.24) is 0 Å². The van der Waals surface area contributed by atoms with Crippen molar-refractivity contribution in [3.63, 3.8) is 0 Å². The molecule has 2 N–H and O–H groups in total. The summed E-state index contributed by atoms with van der Waals surface area (Å²) < 4.78 is 17.3. The third-order valence-electron chi connectivity index (χ3n) is 2.18. The fourth-order valence-corrected chi connectivity index (χ4v) is 2.02. The minimum absolute atomic E-state index is 0.0224.